The average Bonchev–Trinajstić information content (AvgIpc) is 3.43. The van der Waals surface area contributed by atoms with Crippen LogP contribution in [-0.2, 0) is 11.3 Å². The SMILES string of the molecule is CN(Cc1cn(-c2ccccc2)nc1-c1ccccc1)C(=O)CCC1CCNC1.Cl. The minimum absolute atomic E-state index is 0. The van der Waals surface area contributed by atoms with Crippen molar-refractivity contribution < 1.29 is 4.79 Å². The van der Waals surface area contributed by atoms with E-state index in [2.05, 4.69) is 17.4 Å². The fraction of sp³-hybridized carbons (Fsp3) is 0.333. The molecule has 0 aliphatic carbocycles. The molecule has 1 aliphatic heterocycles. The highest BCUT2D eigenvalue weighted by Gasteiger charge is 2.19. The zero-order valence-corrected chi connectivity index (χ0v) is 18.1. The first-order chi connectivity index (χ1) is 14.2. The zero-order valence-electron chi connectivity index (χ0n) is 17.3. The summed E-state index contributed by atoms with van der Waals surface area (Å²) < 4.78 is 1.90. The standard InChI is InChI=1S/C24H28N4O.ClH/c1-27(23(29)13-12-19-14-15-25-16-19)17-21-18-28(22-10-6-3-7-11-22)26-24(21)20-8-4-2-5-9-20;/h2-11,18-19,25H,12-17H2,1H3;1H. The van der Waals surface area contributed by atoms with E-state index in [0.29, 0.717) is 18.9 Å². The summed E-state index contributed by atoms with van der Waals surface area (Å²) >= 11 is 0. The van der Waals surface area contributed by atoms with Crippen molar-refractivity contribution >= 4 is 18.3 Å². The van der Waals surface area contributed by atoms with Crippen LogP contribution in [0.15, 0.2) is 66.9 Å². The molecule has 1 unspecified atom stereocenters. The van der Waals surface area contributed by atoms with Crippen molar-refractivity contribution in [3.8, 4) is 16.9 Å². The fourth-order valence-corrected chi connectivity index (χ4v) is 3.90. The van der Waals surface area contributed by atoms with Gasteiger partial charge in [-0.25, -0.2) is 4.68 Å². The van der Waals surface area contributed by atoms with E-state index in [0.717, 1.165) is 42.0 Å². The van der Waals surface area contributed by atoms with E-state index in [1.807, 2.05) is 71.4 Å². The molecule has 1 N–H and O–H groups in total. The number of benzene rings is 2. The van der Waals surface area contributed by atoms with E-state index < -0.39 is 0 Å². The van der Waals surface area contributed by atoms with Crippen molar-refractivity contribution in [2.45, 2.75) is 25.8 Å². The number of nitrogens with one attached hydrogen (secondary N) is 1. The first-order valence-electron chi connectivity index (χ1n) is 10.3. The number of carbonyl (C=O) groups is 1. The Labute approximate surface area is 184 Å². The first-order valence-corrected chi connectivity index (χ1v) is 10.3. The molecule has 0 saturated carbocycles. The third kappa shape index (κ3) is 5.29. The lowest BCUT2D eigenvalue weighted by atomic mass is 10.0. The third-order valence-corrected chi connectivity index (χ3v) is 5.62. The van der Waals surface area contributed by atoms with Gasteiger partial charge in [0.05, 0.1) is 11.4 Å². The summed E-state index contributed by atoms with van der Waals surface area (Å²) in [4.78, 5) is 14.5. The molecule has 3 aromatic rings. The topological polar surface area (TPSA) is 50.2 Å². The maximum absolute atomic E-state index is 12.7. The van der Waals surface area contributed by atoms with Gasteiger partial charge >= 0.3 is 0 Å². The number of aromatic nitrogens is 2. The largest absolute Gasteiger partial charge is 0.341 e. The van der Waals surface area contributed by atoms with E-state index in [-0.39, 0.29) is 18.3 Å². The first kappa shape index (κ1) is 22.1. The van der Waals surface area contributed by atoms with E-state index in [4.69, 9.17) is 5.10 Å². The van der Waals surface area contributed by atoms with Gasteiger partial charge in [-0.2, -0.15) is 5.10 Å². The molecular formula is C24H29ClN4O. The number of para-hydroxylation sites is 1. The molecule has 0 bridgehead atoms. The minimum atomic E-state index is 0. The van der Waals surface area contributed by atoms with Gasteiger partial charge in [-0.3, -0.25) is 4.79 Å². The summed E-state index contributed by atoms with van der Waals surface area (Å²) in [6.07, 6.45) is 4.79. The van der Waals surface area contributed by atoms with Crippen LogP contribution >= 0.6 is 12.4 Å². The summed E-state index contributed by atoms with van der Waals surface area (Å²) in [6, 6.07) is 20.3. The van der Waals surface area contributed by atoms with E-state index >= 15 is 0 Å². The number of hydrogen-bond acceptors (Lipinski definition) is 3. The summed E-state index contributed by atoms with van der Waals surface area (Å²) in [5.41, 5.74) is 4.06. The van der Waals surface area contributed by atoms with Crippen molar-refractivity contribution in [2.24, 2.45) is 5.92 Å². The second-order valence-electron chi connectivity index (χ2n) is 7.80. The molecule has 4 rings (SSSR count). The molecule has 1 aliphatic rings. The van der Waals surface area contributed by atoms with Gasteiger partial charge in [-0.15, -0.1) is 12.4 Å². The van der Waals surface area contributed by atoms with Crippen molar-refractivity contribution in [2.75, 3.05) is 20.1 Å². The lowest BCUT2D eigenvalue weighted by Crippen LogP contribution is -2.26. The Morgan fingerprint density at radius 2 is 1.83 bits per heavy atom. The summed E-state index contributed by atoms with van der Waals surface area (Å²) in [5.74, 6) is 0.830. The molecule has 5 nitrogen and oxygen atoms in total. The van der Waals surface area contributed by atoms with Crippen LogP contribution in [0.25, 0.3) is 16.9 Å². The highest BCUT2D eigenvalue weighted by molar-refractivity contribution is 5.85. The quantitative estimate of drug-likeness (QED) is 0.614. The van der Waals surface area contributed by atoms with Crippen molar-refractivity contribution in [3.05, 3.63) is 72.4 Å². The van der Waals surface area contributed by atoms with Crippen molar-refractivity contribution in [1.29, 1.82) is 0 Å². The lowest BCUT2D eigenvalue weighted by Gasteiger charge is -2.18. The Kier molecular flexibility index (Phi) is 7.66. The molecule has 1 saturated heterocycles. The van der Waals surface area contributed by atoms with Crippen molar-refractivity contribution in [1.82, 2.24) is 20.0 Å². The van der Waals surface area contributed by atoms with Gasteiger partial charge in [0.1, 0.15) is 0 Å². The van der Waals surface area contributed by atoms with Gasteiger partial charge in [-0.05, 0) is 44.0 Å². The minimum Gasteiger partial charge on any atom is -0.341 e. The predicted molar refractivity (Wildman–Crippen MR) is 123 cm³/mol. The zero-order chi connectivity index (χ0) is 20.1. The Morgan fingerprint density at radius 1 is 1.13 bits per heavy atom. The monoisotopic (exact) mass is 424 g/mol. The lowest BCUT2D eigenvalue weighted by molar-refractivity contribution is -0.130. The Bertz CT molecular complexity index is 936. The molecule has 2 aromatic carbocycles. The summed E-state index contributed by atoms with van der Waals surface area (Å²) in [6.45, 7) is 2.67. The van der Waals surface area contributed by atoms with Crippen LogP contribution in [0, 0.1) is 5.92 Å². The van der Waals surface area contributed by atoms with Crippen LogP contribution in [0.4, 0.5) is 0 Å². The summed E-state index contributed by atoms with van der Waals surface area (Å²) in [5, 5.41) is 8.22. The molecule has 0 radical (unpaired) electrons. The van der Waals surface area contributed by atoms with Gasteiger partial charge in [0.25, 0.3) is 0 Å². The van der Waals surface area contributed by atoms with Crippen LogP contribution in [-0.4, -0.2) is 40.7 Å². The van der Waals surface area contributed by atoms with Crippen molar-refractivity contribution in [3.63, 3.8) is 0 Å². The number of amides is 1. The van der Waals surface area contributed by atoms with Crippen LogP contribution in [0.3, 0.4) is 0 Å². The molecule has 0 spiro atoms. The highest BCUT2D eigenvalue weighted by atomic mass is 35.5. The van der Waals surface area contributed by atoms with Crippen LogP contribution in [0.2, 0.25) is 0 Å². The number of rotatable bonds is 7. The fourth-order valence-electron chi connectivity index (χ4n) is 3.90. The highest BCUT2D eigenvalue weighted by Crippen LogP contribution is 2.25. The number of hydrogen-bond donors (Lipinski definition) is 1. The normalized spacial score (nSPS) is 15.6. The second kappa shape index (κ2) is 10.4. The van der Waals surface area contributed by atoms with Gasteiger partial charge in [0.15, 0.2) is 0 Å². The predicted octanol–water partition coefficient (Wildman–Crippen LogP) is 4.31. The molecule has 1 amide bonds. The van der Waals surface area contributed by atoms with E-state index in [9.17, 15) is 4.79 Å². The van der Waals surface area contributed by atoms with Gasteiger partial charge < -0.3 is 10.2 Å². The average molecular weight is 425 g/mol. The third-order valence-electron chi connectivity index (χ3n) is 5.62. The van der Waals surface area contributed by atoms with Gasteiger partial charge in [0.2, 0.25) is 5.91 Å². The maximum Gasteiger partial charge on any atom is 0.222 e. The van der Waals surface area contributed by atoms with Gasteiger partial charge in [-0.1, -0.05) is 48.5 Å². The van der Waals surface area contributed by atoms with E-state index in [1.54, 1.807) is 0 Å². The Morgan fingerprint density at radius 3 is 2.50 bits per heavy atom. The maximum atomic E-state index is 12.7. The van der Waals surface area contributed by atoms with E-state index in [1.165, 1.54) is 6.42 Å². The number of halogens is 1. The molecule has 1 fully saturated rings. The Balaban J connectivity index is 0.00000256. The van der Waals surface area contributed by atoms with Crippen LogP contribution in [0.1, 0.15) is 24.8 Å². The smallest absolute Gasteiger partial charge is 0.222 e. The molecule has 6 heteroatoms. The molecule has 1 aromatic heterocycles. The number of nitrogens with zero attached hydrogens (tertiary/aromatic N) is 3. The Hall–Kier alpha value is -2.63. The second-order valence-corrected chi connectivity index (χ2v) is 7.80. The molecule has 2 heterocycles. The van der Waals surface area contributed by atoms with Crippen LogP contribution < -0.4 is 5.32 Å². The molecule has 158 valence electrons. The number of carbonyl (C=O) groups excluding carboxylic acids is 1. The molecule has 30 heavy (non-hydrogen) atoms. The molecular weight excluding hydrogens is 396 g/mol. The van der Waals surface area contributed by atoms with Gasteiger partial charge in [0, 0.05) is 37.3 Å². The summed E-state index contributed by atoms with van der Waals surface area (Å²) in [7, 11) is 1.89. The molecule has 1 atom stereocenters. The van der Waals surface area contributed by atoms with Crippen LogP contribution in [0.5, 0.6) is 0 Å².